The van der Waals surface area contributed by atoms with Crippen LogP contribution in [-0.4, -0.2) is 4.99 Å². The van der Waals surface area contributed by atoms with Crippen LogP contribution in [0.4, 0.5) is 0 Å². The summed E-state index contributed by atoms with van der Waals surface area (Å²) in [5.74, 6) is 0.263. The van der Waals surface area contributed by atoms with Crippen LogP contribution in [0.15, 0.2) is 22.7 Å². The van der Waals surface area contributed by atoms with Crippen molar-refractivity contribution in [2.24, 2.45) is 11.7 Å². The standard InChI is InChI=1S/C12H16BrNS/c1-3-10-5-4-9(7-11(10)13)6-8(2)12(14)15/h4-5,7-8H,3,6H2,1-2H3,(H2,14,15). The lowest BCUT2D eigenvalue weighted by Gasteiger charge is -2.10. The fraction of sp³-hybridized carbons (Fsp3) is 0.417. The second kappa shape index (κ2) is 5.61. The summed E-state index contributed by atoms with van der Waals surface area (Å²) in [6.07, 6.45) is 1.96. The van der Waals surface area contributed by atoms with E-state index in [9.17, 15) is 0 Å². The highest BCUT2D eigenvalue weighted by Crippen LogP contribution is 2.20. The van der Waals surface area contributed by atoms with Crippen molar-refractivity contribution in [1.82, 2.24) is 0 Å². The van der Waals surface area contributed by atoms with Crippen molar-refractivity contribution in [3.8, 4) is 0 Å². The number of aryl methyl sites for hydroxylation is 1. The Morgan fingerprint density at radius 3 is 2.67 bits per heavy atom. The summed E-state index contributed by atoms with van der Waals surface area (Å²) in [7, 11) is 0. The SMILES string of the molecule is CCc1ccc(CC(C)C(N)=S)cc1Br. The molecule has 1 atom stereocenters. The molecule has 1 aromatic carbocycles. The predicted molar refractivity (Wildman–Crippen MR) is 73.2 cm³/mol. The highest BCUT2D eigenvalue weighted by molar-refractivity contribution is 9.10. The molecule has 0 aromatic heterocycles. The van der Waals surface area contributed by atoms with Crippen LogP contribution < -0.4 is 5.73 Å². The van der Waals surface area contributed by atoms with Gasteiger partial charge in [0.05, 0.1) is 4.99 Å². The Hall–Kier alpha value is -0.410. The van der Waals surface area contributed by atoms with E-state index in [-0.39, 0.29) is 5.92 Å². The van der Waals surface area contributed by atoms with Gasteiger partial charge in [0.2, 0.25) is 0 Å². The fourth-order valence-corrected chi connectivity index (χ4v) is 2.25. The van der Waals surface area contributed by atoms with Crippen molar-refractivity contribution >= 4 is 33.1 Å². The van der Waals surface area contributed by atoms with Crippen LogP contribution in [0.5, 0.6) is 0 Å². The molecular weight excluding hydrogens is 270 g/mol. The summed E-state index contributed by atoms with van der Waals surface area (Å²) in [5.41, 5.74) is 8.21. The molecule has 0 heterocycles. The molecule has 1 rings (SSSR count). The van der Waals surface area contributed by atoms with E-state index in [4.69, 9.17) is 18.0 Å². The van der Waals surface area contributed by atoms with Gasteiger partial charge in [-0.05, 0) is 30.0 Å². The zero-order chi connectivity index (χ0) is 11.4. The largest absolute Gasteiger partial charge is 0.393 e. The number of benzene rings is 1. The summed E-state index contributed by atoms with van der Waals surface area (Å²) in [5, 5.41) is 0. The molecule has 2 N–H and O–H groups in total. The number of nitrogens with two attached hydrogens (primary N) is 1. The van der Waals surface area contributed by atoms with Gasteiger partial charge in [0, 0.05) is 10.4 Å². The second-order valence-electron chi connectivity index (χ2n) is 3.79. The van der Waals surface area contributed by atoms with E-state index in [1.54, 1.807) is 0 Å². The van der Waals surface area contributed by atoms with Crippen molar-refractivity contribution in [3.63, 3.8) is 0 Å². The van der Waals surface area contributed by atoms with Gasteiger partial charge in [-0.15, -0.1) is 0 Å². The van der Waals surface area contributed by atoms with Gasteiger partial charge in [-0.25, -0.2) is 0 Å². The molecule has 0 saturated carbocycles. The molecule has 82 valence electrons. The predicted octanol–water partition coefficient (Wildman–Crippen LogP) is 3.48. The number of hydrogen-bond acceptors (Lipinski definition) is 1. The van der Waals surface area contributed by atoms with E-state index in [0.29, 0.717) is 4.99 Å². The third-order valence-corrected chi connectivity index (χ3v) is 3.67. The molecule has 0 aliphatic heterocycles. The Kier molecular flexibility index (Phi) is 4.74. The molecule has 1 nitrogen and oxygen atoms in total. The number of hydrogen-bond donors (Lipinski definition) is 1. The van der Waals surface area contributed by atoms with E-state index < -0.39 is 0 Å². The number of thiocarbonyl (C=S) groups is 1. The third kappa shape index (κ3) is 3.58. The first-order chi connectivity index (χ1) is 7.04. The van der Waals surface area contributed by atoms with Gasteiger partial charge in [0.1, 0.15) is 0 Å². The van der Waals surface area contributed by atoms with Crippen LogP contribution in [0.25, 0.3) is 0 Å². The zero-order valence-corrected chi connectivity index (χ0v) is 11.5. The summed E-state index contributed by atoms with van der Waals surface area (Å²) >= 11 is 8.54. The quantitative estimate of drug-likeness (QED) is 0.858. The molecule has 3 heteroatoms. The van der Waals surface area contributed by atoms with E-state index in [1.165, 1.54) is 15.6 Å². The van der Waals surface area contributed by atoms with Crippen molar-refractivity contribution in [3.05, 3.63) is 33.8 Å². The second-order valence-corrected chi connectivity index (χ2v) is 5.11. The van der Waals surface area contributed by atoms with Crippen molar-refractivity contribution in [2.75, 3.05) is 0 Å². The summed E-state index contributed by atoms with van der Waals surface area (Å²) in [4.78, 5) is 0.589. The van der Waals surface area contributed by atoms with Gasteiger partial charge < -0.3 is 5.73 Å². The van der Waals surface area contributed by atoms with Crippen LogP contribution in [0.2, 0.25) is 0 Å². The molecule has 0 saturated heterocycles. The third-order valence-electron chi connectivity index (χ3n) is 2.53. The number of rotatable bonds is 4. The first-order valence-corrected chi connectivity index (χ1v) is 6.31. The van der Waals surface area contributed by atoms with Crippen LogP contribution in [0.1, 0.15) is 25.0 Å². The smallest absolute Gasteiger partial charge is 0.0759 e. The summed E-state index contributed by atoms with van der Waals surface area (Å²) < 4.78 is 1.18. The molecule has 0 radical (unpaired) electrons. The van der Waals surface area contributed by atoms with Gasteiger partial charge in [-0.2, -0.15) is 0 Å². The average Bonchev–Trinajstić information content (AvgIpc) is 2.18. The first kappa shape index (κ1) is 12.7. The van der Waals surface area contributed by atoms with E-state index in [2.05, 4.69) is 48.0 Å². The minimum absolute atomic E-state index is 0.263. The monoisotopic (exact) mass is 285 g/mol. The molecular formula is C12H16BrNS. The number of halogens is 1. The first-order valence-electron chi connectivity index (χ1n) is 5.11. The highest BCUT2D eigenvalue weighted by Gasteiger charge is 2.07. The Balaban J connectivity index is 2.79. The fourth-order valence-electron chi connectivity index (χ4n) is 1.46. The lowest BCUT2D eigenvalue weighted by atomic mass is 10.00. The van der Waals surface area contributed by atoms with Gasteiger partial charge in [-0.1, -0.05) is 54.1 Å². The van der Waals surface area contributed by atoms with Crippen LogP contribution in [0.3, 0.4) is 0 Å². The Morgan fingerprint density at radius 1 is 1.53 bits per heavy atom. The van der Waals surface area contributed by atoms with Gasteiger partial charge >= 0.3 is 0 Å². The zero-order valence-electron chi connectivity index (χ0n) is 9.09. The Bertz CT molecular complexity index is 363. The lowest BCUT2D eigenvalue weighted by molar-refractivity contribution is 0.770. The summed E-state index contributed by atoms with van der Waals surface area (Å²) in [6, 6.07) is 6.47. The topological polar surface area (TPSA) is 26.0 Å². The van der Waals surface area contributed by atoms with Gasteiger partial charge in [0.15, 0.2) is 0 Å². The van der Waals surface area contributed by atoms with Crippen molar-refractivity contribution in [2.45, 2.75) is 26.7 Å². The van der Waals surface area contributed by atoms with E-state index >= 15 is 0 Å². The minimum Gasteiger partial charge on any atom is -0.393 e. The van der Waals surface area contributed by atoms with Gasteiger partial charge in [0.25, 0.3) is 0 Å². The molecule has 0 amide bonds. The Labute approximate surface area is 105 Å². The van der Waals surface area contributed by atoms with Crippen LogP contribution >= 0.6 is 28.1 Å². The maximum absolute atomic E-state index is 5.60. The van der Waals surface area contributed by atoms with Crippen molar-refractivity contribution < 1.29 is 0 Å². The molecule has 0 aliphatic carbocycles. The maximum atomic E-state index is 5.60. The Morgan fingerprint density at radius 2 is 2.20 bits per heavy atom. The van der Waals surface area contributed by atoms with Gasteiger partial charge in [-0.3, -0.25) is 0 Å². The summed E-state index contributed by atoms with van der Waals surface area (Å²) in [6.45, 7) is 4.21. The molecule has 0 spiro atoms. The molecule has 0 aliphatic rings. The maximum Gasteiger partial charge on any atom is 0.0759 e. The molecule has 15 heavy (non-hydrogen) atoms. The molecule has 1 aromatic rings. The average molecular weight is 286 g/mol. The van der Waals surface area contributed by atoms with E-state index in [1.807, 2.05) is 0 Å². The molecule has 0 bridgehead atoms. The highest BCUT2D eigenvalue weighted by atomic mass is 79.9. The van der Waals surface area contributed by atoms with Crippen LogP contribution in [-0.2, 0) is 12.8 Å². The van der Waals surface area contributed by atoms with Crippen molar-refractivity contribution in [1.29, 1.82) is 0 Å². The van der Waals surface area contributed by atoms with Crippen LogP contribution in [0, 0.1) is 5.92 Å². The minimum atomic E-state index is 0.263. The molecule has 0 fully saturated rings. The lowest BCUT2D eigenvalue weighted by Crippen LogP contribution is -2.20. The molecule has 1 unspecified atom stereocenters. The normalized spacial score (nSPS) is 12.5. The van der Waals surface area contributed by atoms with E-state index in [0.717, 1.165) is 12.8 Å².